The van der Waals surface area contributed by atoms with E-state index in [-0.39, 0.29) is 30.1 Å². The average Bonchev–Trinajstić information content (AvgIpc) is 3.05. The van der Waals surface area contributed by atoms with Crippen LogP contribution in [0.1, 0.15) is 39.1 Å². The zero-order valence-corrected chi connectivity index (χ0v) is 17.6. The van der Waals surface area contributed by atoms with Crippen LogP contribution in [0.2, 0.25) is 0 Å². The quantitative estimate of drug-likeness (QED) is 0.701. The highest BCUT2D eigenvalue weighted by atomic mass is 19.1. The van der Waals surface area contributed by atoms with Crippen molar-refractivity contribution >= 4 is 23.6 Å². The molecule has 166 valence electrons. The predicted molar refractivity (Wildman–Crippen MR) is 114 cm³/mol. The number of benzene rings is 2. The Labute approximate surface area is 185 Å². The molecule has 0 aromatic heterocycles. The Morgan fingerprint density at radius 2 is 1.53 bits per heavy atom. The number of amides is 4. The maximum atomic E-state index is 13.7. The van der Waals surface area contributed by atoms with Gasteiger partial charge in [-0.05, 0) is 43.0 Å². The molecular weight excluding hydrogens is 413 g/mol. The number of halogens is 1. The van der Waals surface area contributed by atoms with Crippen molar-refractivity contribution in [2.45, 2.75) is 19.3 Å². The first kappa shape index (κ1) is 21.7. The number of nitrogens with one attached hydrogen (secondary N) is 1. The lowest BCUT2D eigenvalue weighted by Crippen LogP contribution is -2.47. The molecule has 2 heterocycles. The summed E-state index contributed by atoms with van der Waals surface area (Å²) in [6.07, 6.45) is 1.41. The number of rotatable bonds is 6. The number of carbonyl (C=O) groups excluding carboxylic acids is 4. The third-order valence-electron chi connectivity index (χ3n) is 6.04. The topological polar surface area (TPSA) is 86.8 Å². The van der Waals surface area contributed by atoms with Gasteiger partial charge in [-0.1, -0.05) is 30.3 Å². The zero-order chi connectivity index (χ0) is 22.7. The third-order valence-corrected chi connectivity index (χ3v) is 6.04. The number of carbonyl (C=O) groups is 4. The van der Waals surface area contributed by atoms with Crippen LogP contribution >= 0.6 is 0 Å². The molecule has 0 aliphatic carbocycles. The van der Waals surface area contributed by atoms with Crippen LogP contribution in [0, 0.1) is 11.7 Å². The number of imide groups is 1. The molecule has 1 N–H and O–H groups in total. The van der Waals surface area contributed by atoms with Gasteiger partial charge in [-0.2, -0.15) is 0 Å². The summed E-state index contributed by atoms with van der Waals surface area (Å²) in [7, 11) is 0. The average molecular weight is 437 g/mol. The molecule has 0 atom stereocenters. The molecule has 0 radical (unpaired) electrons. The fourth-order valence-electron chi connectivity index (χ4n) is 4.17. The highest BCUT2D eigenvalue weighted by Gasteiger charge is 2.37. The molecule has 2 aliphatic heterocycles. The maximum Gasteiger partial charge on any atom is 0.262 e. The van der Waals surface area contributed by atoms with Gasteiger partial charge in [0.25, 0.3) is 11.8 Å². The Bertz CT molecular complexity index is 1030. The Morgan fingerprint density at radius 1 is 0.938 bits per heavy atom. The molecule has 8 heteroatoms. The van der Waals surface area contributed by atoms with Crippen LogP contribution in [0.4, 0.5) is 4.39 Å². The van der Waals surface area contributed by atoms with Crippen molar-refractivity contribution in [1.29, 1.82) is 0 Å². The molecule has 4 amide bonds. The van der Waals surface area contributed by atoms with Crippen LogP contribution in [0.3, 0.4) is 0 Å². The zero-order valence-electron chi connectivity index (χ0n) is 17.6. The van der Waals surface area contributed by atoms with Crippen molar-refractivity contribution in [3.63, 3.8) is 0 Å². The lowest BCUT2D eigenvalue weighted by molar-refractivity contribution is -0.135. The smallest absolute Gasteiger partial charge is 0.262 e. The first-order valence-electron chi connectivity index (χ1n) is 10.7. The summed E-state index contributed by atoms with van der Waals surface area (Å²) >= 11 is 0. The minimum Gasteiger partial charge on any atom is -0.356 e. The molecule has 2 aliphatic rings. The van der Waals surface area contributed by atoms with Gasteiger partial charge in [0.1, 0.15) is 12.4 Å². The molecule has 1 saturated heterocycles. The molecule has 1 fully saturated rings. The minimum absolute atomic E-state index is 0.103. The highest BCUT2D eigenvalue weighted by Crippen LogP contribution is 2.23. The fourth-order valence-corrected chi connectivity index (χ4v) is 4.17. The molecule has 0 unspecified atom stereocenters. The van der Waals surface area contributed by atoms with E-state index in [1.807, 2.05) is 0 Å². The summed E-state index contributed by atoms with van der Waals surface area (Å²) in [5.74, 6) is -1.83. The van der Waals surface area contributed by atoms with Gasteiger partial charge in [0.2, 0.25) is 11.8 Å². The lowest BCUT2D eigenvalue weighted by Gasteiger charge is -2.32. The number of nitrogens with zero attached hydrogens (tertiary/aromatic N) is 2. The van der Waals surface area contributed by atoms with Gasteiger partial charge in [-0.15, -0.1) is 0 Å². The second-order valence-electron chi connectivity index (χ2n) is 8.03. The highest BCUT2D eigenvalue weighted by molar-refractivity contribution is 6.22. The molecule has 7 nitrogen and oxygen atoms in total. The van der Waals surface area contributed by atoms with Crippen molar-refractivity contribution in [3.05, 3.63) is 71.0 Å². The Kier molecular flexibility index (Phi) is 6.30. The SMILES string of the molecule is O=C(NCCc1ccccc1F)C1CCN(C(=O)CN2C(=O)c3ccccc3C2=O)CC1. The summed E-state index contributed by atoms with van der Waals surface area (Å²) in [6.45, 7) is 0.811. The monoisotopic (exact) mass is 437 g/mol. The van der Waals surface area contributed by atoms with Gasteiger partial charge >= 0.3 is 0 Å². The standard InChI is InChI=1S/C24H24FN3O4/c25-20-8-4-1-5-16(20)9-12-26-22(30)17-10-13-27(14-11-17)21(29)15-28-23(31)18-6-2-3-7-19(18)24(28)32/h1-8,17H,9-15H2,(H,26,30). The maximum absolute atomic E-state index is 13.7. The Morgan fingerprint density at radius 3 is 2.16 bits per heavy atom. The normalized spacial score (nSPS) is 16.3. The van der Waals surface area contributed by atoms with Gasteiger partial charge in [0.05, 0.1) is 11.1 Å². The van der Waals surface area contributed by atoms with Crippen molar-refractivity contribution in [2.75, 3.05) is 26.2 Å². The molecule has 0 spiro atoms. The van der Waals surface area contributed by atoms with E-state index in [1.165, 1.54) is 6.07 Å². The number of hydrogen-bond acceptors (Lipinski definition) is 4. The number of fused-ring (bicyclic) bond motifs is 1. The fraction of sp³-hybridized carbons (Fsp3) is 0.333. The van der Waals surface area contributed by atoms with Crippen molar-refractivity contribution in [1.82, 2.24) is 15.1 Å². The van der Waals surface area contributed by atoms with E-state index >= 15 is 0 Å². The second kappa shape index (κ2) is 9.30. The van der Waals surface area contributed by atoms with E-state index in [0.29, 0.717) is 55.6 Å². The predicted octanol–water partition coefficient (Wildman–Crippen LogP) is 2.02. The van der Waals surface area contributed by atoms with Gasteiger partial charge in [-0.25, -0.2) is 4.39 Å². The van der Waals surface area contributed by atoms with Crippen molar-refractivity contribution in [3.8, 4) is 0 Å². The molecule has 2 aromatic rings. The van der Waals surface area contributed by atoms with Gasteiger partial charge in [0.15, 0.2) is 0 Å². The van der Waals surface area contributed by atoms with Crippen LogP contribution in [-0.4, -0.2) is 59.6 Å². The van der Waals surface area contributed by atoms with E-state index in [0.717, 1.165) is 4.90 Å². The van der Waals surface area contributed by atoms with E-state index in [1.54, 1.807) is 47.4 Å². The molecule has 4 rings (SSSR count). The molecule has 32 heavy (non-hydrogen) atoms. The van der Waals surface area contributed by atoms with Crippen LogP contribution < -0.4 is 5.32 Å². The van der Waals surface area contributed by atoms with Crippen LogP contribution in [-0.2, 0) is 16.0 Å². The Hall–Kier alpha value is -3.55. The Balaban J connectivity index is 1.23. The molecule has 2 aromatic carbocycles. The summed E-state index contributed by atoms with van der Waals surface area (Å²) in [5.41, 5.74) is 1.19. The van der Waals surface area contributed by atoms with Gasteiger partial charge < -0.3 is 10.2 Å². The summed E-state index contributed by atoms with van der Waals surface area (Å²) < 4.78 is 13.7. The first-order valence-corrected chi connectivity index (χ1v) is 10.7. The number of piperidine rings is 1. The van der Waals surface area contributed by atoms with E-state index < -0.39 is 11.8 Å². The minimum atomic E-state index is -0.455. The van der Waals surface area contributed by atoms with Gasteiger partial charge in [-0.3, -0.25) is 24.1 Å². The number of hydrogen-bond donors (Lipinski definition) is 1. The van der Waals surface area contributed by atoms with Crippen LogP contribution in [0.5, 0.6) is 0 Å². The van der Waals surface area contributed by atoms with E-state index in [4.69, 9.17) is 0 Å². The van der Waals surface area contributed by atoms with Crippen LogP contribution in [0.15, 0.2) is 48.5 Å². The van der Waals surface area contributed by atoms with E-state index in [2.05, 4.69) is 5.32 Å². The second-order valence-corrected chi connectivity index (χ2v) is 8.03. The van der Waals surface area contributed by atoms with Crippen LogP contribution in [0.25, 0.3) is 0 Å². The molecule has 0 saturated carbocycles. The molecular formula is C24H24FN3O4. The largest absolute Gasteiger partial charge is 0.356 e. The van der Waals surface area contributed by atoms with E-state index in [9.17, 15) is 23.6 Å². The first-order chi connectivity index (χ1) is 15.5. The lowest BCUT2D eigenvalue weighted by atomic mass is 9.95. The third kappa shape index (κ3) is 4.39. The summed E-state index contributed by atoms with van der Waals surface area (Å²) in [6, 6.07) is 13.0. The number of likely N-dealkylation sites (tertiary alicyclic amines) is 1. The molecule has 0 bridgehead atoms. The summed E-state index contributed by atoms with van der Waals surface area (Å²) in [5, 5.41) is 2.85. The van der Waals surface area contributed by atoms with Crippen molar-refractivity contribution in [2.24, 2.45) is 5.92 Å². The summed E-state index contributed by atoms with van der Waals surface area (Å²) in [4.78, 5) is 52.6. The van der Waals surface area contributed by atoms with Gasteiger partial charge in [0, 0.05) is 25.6 Å². The van der Waals surface area contributed by atoms with Crippen molar-refractivity contribution < 1.29 is 23.6 Å².